The number of nitrogens with one attached hydrogen (secondary N) is 1. The summed E-state index contributed by atoms with van der Waals surface area (Å²) in [7, 11) is -2.50. The van der Waals surface area contributed by atoms with Crippen molar-refractivity contribution in [3.8, 4) is 5.75 Å². The molecule has 1 N–H and O–H groups in total. The quantitative estimate of drug-likeness (QED) is 0.881. The Balaban J connectivity index is 1.91. The van der Waals surface area contributed by atoms with Gasteiger partial charge in [0.15, 0.2) is 0 Å². The number of hydrogen-bond donors (Lipinski definition) is 1. The summed E-state index contributed by atoms with van der Waals surface area (Å²) in [5.74, 6) is -0.447. The van der Waals surface area contributed by atoms with E-state index in [1.807, 2.05) is 0 Å². The Morgan fingerprint density at radius 3 is 2.77 bits per heavy atom. The van der Waals surface area contributed by atoms with E-state index >= 15 is 0 Å². The number of carbonyl (C=O) groups is 1. The monoisotopic (exact) mass is 328 g/mol. The highest BCUT2D eigenvalue weighted by molar-refractivity contribution is 7.89. The van der Waals surface area contributed by atoms with Gasteiger partial charge in [-0.05, 0) is 30.0 Å². The summed E-state index contributed by atoms with van der Waals surface area (Å²) in [6.07, 6.45) is 0.330. The molecule has 22 heavy (non-hydrogen) atoms. The molecule has 0 aromatic heterocycles. The zero-order valence-corrected chi connectivity index (χ0v) is 12.9. The molecule has 2 aliphatic rings. The maximum Gasteiger partial charge on any atom is 0.246 e. The molecule has 0 bridgehead atoms. The van der Waals surface area contributed by atoms with E-state index in [4.69, 9.17) is 4.74 Å². The van der Waals surface area contributed by atoms with E-state index in [0.717, 1.165) is 12.1 Å². The van der Waals surface area contributed by atoms with Crippen molar-refractivity contribution >= 4 is 15.9 Å². The summed E-state index contributed by atoms with van der Waals surface area (Å²) in [5.41, 5.74) is 0. The third kappa shape index (κ3) is 2.56. The Hall–Kier alpha value is -1.67. The molecule has 1 amide bonds. The van der Waals surface area contributed by atoms with Crippen LogP contribution in [0, 0.1) is 17.7 Å². The minimum Gasteiger partial charge on any atom is -0.495 e. The SMILES string of the molecule is COc1ccc(F)cc1S(=O)(=O)N1C[C@H]2CNC(=O)C[C@H]2C1. The number of benzene rings is 1. The highest BCUT2D eigenvalue weighted by Gasteiger charge is 2.42. The minimum atomic E-state index is -3.85. The molecular weight excluding hydrogens is 311 g/mol. The largest absolute Gasteiger partial charge is 0.495 e. The highest BCUT2D eigenvalue weighted by atomic mass is 32.2. The summed E-state index contributed by atoms with van der Waals surface area (Å²) < 4.78 is 45.3. The Morgan fingerprint density at radius 1 is 1.32 bits per heavy atom. The molecule has 2 aliphatic heterocycles. The Morgan fingerprint density at radius 2 is 2.05 bits per heavy atom. The van der Waals surface area contributed by atoms with Gasteiger partial charge in [-0.15, -0.1) is 0 Å². The van der Waals surface area contributed by atoms with Crippen molar-refractivity contribution in [3.63, 3.8) is 0 Å². The van der Waals surface area contributed by atoms with E-state index in [0.29, 0.717) is 19.5 Å². The van der Waals surface area contributed by atoms with Crippen LogP contribution in [-0.2, 0) is 14.8 Å². The van der Waals surface area contributed by atoms with Crippen molar-refractivity contribution < 1.29 is 22.3 Å². The molecule has 8 heteroatoms. The van der Waals surface area contributed by atoms with Gasteiger partial charge >= 0.3 is 0 Å². The van der Waals surface area contributed by atoms with Crippen LogP contribution in [0.15, 0.2) is 23.1 Å². The summed E-state index contributed by atoms with van der Waals surface area (Å²) in [4.78, 5) is 11.3. The van der Waals surface area contributed by atoms with Gasteiger partial charge in [0.25, 0.3) is 0 Å². The van der Waals surface area contributed by atoms with Gasteiger partial charge in [0.05, 0.1) is 7.11 Å². The fourth-order valence-electron chi connectivity index (χ4n) is 3.10. The number of nitrogens with zero attached hydrogens (tertiary/aromatic N) is 1. The van der Waals surface area contributed by atoms with Crippen LogP contribution in [0.2, 0.25) is 0 Å². The van der Waals surface area contributed by atoms with Crippen molar-refractivity contribution in [2.24, 2.45) is 11.8 Å². The number of rotatable bonds is 3. The first-order valence-electron chi connectivity index (χ1n) is 7.02. The second kappa shape index (κ2) is 5.51. The topological polar surface area (TPSA) is 75.7 Å². The van der Waals surface area contributed by atoms with E-state index in [1.165, 1.54) is 17.5 Å². The lowest BCUT2D eigenvalue weighted by Crippen LogP contribution is -2.40. The predicted octanol–water partition coefficient (Wildman–Crippen LogP) is 0.591. The molecule has 0 saturated carbocycles. The molecule has 6 nitrogen and oxygen atoms in total. The van der Waals surface area contributed by atoms with Gasteiger partial charge in [0, 0.05) is 26.1 Å². The number of fused-ring (bicyclic) bond motifs is 1. The van der Waals surface area contributed by atoms with Gasteiger partial charge in [-0.1, -0.05) is 0 Å². The molecule has 0 unspecified atom stereocenters. The van der Waals surface area contributed by atoms with E-state index in [-0.39, 0.29) is 34.9 Å². The Bertz CT molecular complexity index is 707. The summed E-state index contributed by atoms with van der Waals surface area (Å²) in [5, 5.41) is 2.75. The third-order valence-corrected chi connectivity index (χ3v) is 6.15. The predicted molar refractivity (Wildman–Crippen MR) is 76.3 cm³/mol. The van der Waals surface area contributed by atoms with Gasteiger partial charge in [-0.25, -0.2) is 12.8 Å². The number of carbonyl (C=O) groups excluding carboxylic acids is 1. The zero-order valence-electron chi connectivity index (χ0n) is 12.1. The normalized spacial score (nSPS) is 25.6. The van der Waals surface area contributed by atoms with Crippen molar-refractivity contribution in [1.82, 2.24) is 9.62 Å². The smallest absolute Gasteiger partial charge is 0.246 e. The lowest BCUT2D eigenvalue weighted by atomic mass is 9.89. The van der Waals surface area contributed by atoms with Crippen LogP contribution in [-0.4, -0.2) is 45.4 Å². The summed E-state index contributed by atoms with van der Waals surface area (Å²) >= 11 is 0. The molecule has 1 aromatic rings. The van der Waals surface area contributed by atoms with Crippen LogP contribution < -0.4 is 10.1 Å². The van der Waals surface area contributed by atoms with Crippen LogP contribution in [0.5, 0.6) is 5.75 Å². The van der Waals surface area contributed by atoms with Crippen molar-refractivity contribution in [2.75, 3.05) is 26.7 Å². The van der Waals surface area contributed by atoms with Crippen molar-refractivity contribution in [1.29, 1.82) is 0 Å². The van der Waals surface area contributed by atoms with E-state index < -0.39 is 15.8 Å². The molecule has 1 aromatic carbocycles. The zero-order chi connectivity index (χ0) is 15.9. The Kier molecular flexibility index (Phi) is 3.82. The molecule has 2 heterocycles. The first kappa shape index (κ1) is 15.2. The molecule has 0 aliphatic carbocycles. The van der Waals surface area contributed by atoms with Crippen LogP contribution in [0.25, 0.3) is 0 Å². The minimum absolute atomic E-state index is 0.0167. The van der Waals surface area contributed by atoms with Crippen LogP contribution in [0.3, 0.4) is 0 Å². The number of methoxy groups -OCH3 is 1. The van der Waals surface area contributed by atoms with Crippen molar-refractivity contribution in [2.45, 2.75) is 11.3 Å². The lowest BCUT2D eigenvalue weighted by molar-refractivity contribution is -0.124. The maximum atomic E-state index is 13.5. The fourth-order valence-corrected chi connectivity index (χ4v) is 4.82. The van der Waals surface area contributed by atoms with Crippen LogP contribution in [0.4, 0.5) is 4.39 Å². The first-order valence-corrected chi connectivity index (χ1v) is 8.46. The second-order valence-corrected chi connectivity index (χ2v) is 7.55. The van der Waals surface area contributed by atoms with Gasteiger partial charge in [0.1, 0.15) is 16.5 Å². The summed E-state index contributed by atoms with van der Waals surface area (Å²) in [6, 6.07) is 3.43. The second-order valence-electron chi connectivity index (χ2n) is 5.65. The maximum absolute atomic E-state index is 13.5. The molecule has 120 valence electrons. The molecule has 2 saturated heterocycles. The fraction of sp³-hybridized carbons (Fsp3) is 0.500. The number of ether oxygens (including phenoxy) is 1. The Labute approximate surface area is 128 Å². The summed E-state index contributed by atoms with van der Waals surface area (Å²) in [6.45, 7) is 1.09. The van der Waals surface area contributed by atoms with E-state index in [2.05, 4.69) is 5.32 Å². The molecule has 2 fully saturated rings. The molecule has 2 atom stereocenters. The first-order chi connectivity index (χ1) is 10.4. The van der Waals surface area contributed by atoms with Gasteiger partial charge < -0.3 is 10.1 Å². The standard InChI is InChI=1S/C14H17FN2O4S/c1-21-12-3-2-11(15)5-13(12)22(19,20)17-7-9-4-14(18)16-6-10(9)8-17/h2-3,5,9-10H,4,6-8H2,1H3,(H,16,18)/t9-,10+/m0/s1. The highest BCUT2D eigenvalue weighted by Crippen LogP contribution is 2.35. The van der Waals surface area contributed by atoms with Crippen molar-refractivity contribution in [3.05, 3.63) is 24.0 Å². The number of piperidine rings is 1. The third-order valence-electron chi connectivity index (χ3n) is 4.30. The van der Waals surface area contributed by atoms with Gasteiger partial charge in [0.2, 0.25) is 15.9 Å². The molecule has 0 spiro atoms. The number of hydrogen-bond acceptors (Lipinski definition) is 4. The van der Waals surface area contributed by atoms with E-state index in [1.54, 1.807) is 0 Å². The van der Waals surface area contributed by atoms with Gasteiger partial charge in [-0.2, -0.15) is 4.31 Å². The van der Waals surface area contributed by atoms with Crippen LogP contribution in [0.1, 0.15) is 6.42 Å². The van der Waals surface area contributed by atoms with Crippen LogP contribution >= 0.6 is 0 Å². The van der Waals surface area contributed by atoms with Gasteiger partial charge in [-0.3, -0.25) is 4.79 Å². The average molecular weight is 328 g/mol. The number of halogens is 1. The molecule has 3 rings (SSSR count). The van der Waals surface area contributed by atoms with E-state index in [9.17, 15) is 17.6 Å². The average Bonchev–Trinajstić information content (AvgIpc) is 2.91. The molecule has 0 radical (unpaired) electrons. The molecular formula is C14H17FN2O4S. The lowest BCUT2D eigenvalue weighted by Gasteiger charge is -2.23. The number of sulfonamides is 1. The number of amides is 1.